The number of hydrogen-bond acceptors (Lipinski definition) is 4. The lowest BCUT2D eigenvalue weighted by Gasteiger charge is -2.15. The maximum absolute atomic E-state index is 11.8. The van der Waals surface area contributed by atoms with Crippen LogP contribution < -0.4 is 10.6 Å². The van der Waals surface area contributed by atoms with Gasteiger partial charge in [-0.3, -0.25) is 14.4 Å². The quantitative estimate of drug-likeness (QED) is 0.786. The zero-order valence-electron chi connectivity index (χ0n) is 12.5. The Labute approximate surface area is 133 Å². The van der Waals surface area contributed by atoms with Crippen LogP contribution in [0.15, 0.2) is 16.8 Å². The number of carbonyl (C=O) groups excluding carboxylic acids is 3. The summed E-state index contributed by atoms with van der Waals surface area (Å²) in [4.78, 5) is 36.9. The van der Waals surface area contributed by atoms with Crippen molar-refractivity contribution in [3.05, 3.63) is 22.4 Å². The number of nitrogens with one attached hydrogen (secondary N) is 2. The van der Waals surface area contributed by atoms with Crippen molar-refractivity contribution in [2.75, 3.05) is 26.2 Å². The zero-order chi connectivity index (χ0) is 15.8. The lowest BCUT2D eigenvalue weighted by Crippen LogP contribution is -2.34. The predicted octanol–water partition coefficient (Wildman–Crippen LogP) is 0.997. The molecule has 2 rings (SSSR count). The lowest BCUT2D eigenvalue weighted by atomic mass is 10.3. The summed E-state index contributed by atoms with van der Waals surface area (Å²) in [6.07, 6.45) is 2.70. The van der Waals surface area contributed by atoms with Crippen molar-refractivity contribution in [1.82, 2.24) is 15.5 Å². The standard InChI is InChI=1S/C15H21N3O3S/c19-13(3-6-17-15(21)12-5-10-22-11-12)16-7-4-14(20)18-8-1-2-9-18/h5,10-11H,1-4,6-9H2,(H,16,19)(H,17,21). The predicted molar refractivity (Wildman–Crippen MR) is 84.7 cm³/mol. The third-order valence-corrected chi connectivity index (χ3v) is 4.22. The van der Waals surface area contributed by atoms with Crippen LogP contribution in [0.25, 0.3) is 0 Å². The van der Waals surface area contributed by atoms with Crippen LogP contribution in [0.5, 0.6) is 0 Å². The Morgan fingerprint density at radius 3 is 2.50 bits per heavy atom. The second kappa shape index (κ2) is 8.53. The molecule has 0 aliphatic carbocycles. The molecule has 1 aliphatic heterocycles. The topological polar surface area (TPSA) is 78.5 Å². The van der Waals surface area contributed by atoms with E-state index in [1.807, 2.05) is 10.3 Å². The fourth-order valence-corrected chi connectivity index (χ4v) is 2.94. The molecule has 120 valence electrons. The molecule has 0 bridgehead atoms. The molecule has 1 aromatic rings. The van der Waals surface area contributed by atoms with E-state index >= 15 is 0 Å². The summed E-state index contributed by atoms with van der Waals surface area (Å²) < 4.78 is 0. The Morgan fingerprint density at radius 1 is 1.09 bits per heavy atom. The van der Waals surface area contributed by atoms with Crippen molar-refractivity contribution in [2.24, 2.45) is 0 Å². The number of rotatable bonds is 7. The number of hydrogen-bond donors (Lipinski definition) is 2. The maximum Gasteiger partial charge on any atom is 0.252 e. The number of likely N-dealkylation sites (tertiary alicyclic amines) is 1. The van der Waals surface area contributed by atoms with Gasteiger partial charge in [0.2, 0.25) is 11.8 Å². The highest BCUT2D eigenvalue weighted by molar-refractivity contribution is 7.08. The zero-order valence-corrected chi connectivity index (χ0v) is 13.3. The molecule has 0 aromatic carbocycles. The first-order chi connectivity index (χ1) is 10.7. The van der Waals surface area contributed by atoms with Crippen LogP contribution in [0.3, 0.4) is 0 Å². The molecular formula is C15H21N3O3S. The van der Waals surface area contributed by atoms with Crippen molar-refractivity contribution < 1.29 is 14.4 Å². The molecule has 3 amide bonds. The molecule has 1 saturated heterocycles. The minimum Gasteiger partial charge on any atom is -0.356 e. The van der Waals surface area contributed by atoms with Gasteiger partial charge in [-0.15, -0.1) is 0 Å². The molecule has 1 aromatic heterocycles. The van der Waals surface area contributed by atoms with E-state index in [1.54, 1.807) is 11.4 Å². The molecular weight excluding hydrogens is 302 g/mol. The molecule has 2 heterocycles. The fraction of sp³-hybridized carbons (Fsp3) is 0.533. The summed E-state index contributed by atoms with van der Waals surface area (Å²) in [5.74, 6) is -0.221. The van der Waals surface area contributed by atoms with Gasteiger partial charge in [-0.25, -0.2) is 0 Å². The van der Waals surface area contributed by atoms with Crippen LogP contribution in [-0.2, 0) is 9.59 Å². The van der Waals surface area contributed by atoms with E-state index in [-0.39, 0.29) is 24.1 Å². The highest BCUT2D eigenvalue weighted by atomic mass is 32.1. The molecule has 0 unspecified atom stereocenters. The van der Waals surface area contributed by atoms with Crippen LogP contribution >= 0.6 is 11.3 Å². The summed E-state index contributed by atoms with van der Waals surface area (Å²) in [5.41, 5.74) is 0.613. The molecule has 7 heteroatoms. The van der Waals surface area contributed by atoms with Gasteiger partial charge in [0.1, 0.15) is 0 Å². The molecule has 22 heavy (non-hydrogen) atoms. The van der Waals surface area contributed by atoms with Crippen LogP contribution in [0.2, 0.25) is 0 Å². The maximum atomic E-state index is 11.8. The first-order valence-electron chi connectivity index (χ1n) is 7.51. The highest BCUT2D eigenvalue weighted by Crippen LogP contribution is 2.08. The third kappa shape index (κ3) is 5.14. The average molecular weight is 323 g/mol. The van der Waals surface area contributed by atoms with Crippen molar-refractivity contribution >= 4 is 29.1 Å². The van der Waals surface area contributed by atoms with E-state index in [0.717, 1.165) is 25.9 Å². The van der Waals surface area contributed by atoms with Crippen molar-refractivity contribution in [2.45, 2.75) is 25.7 Å². The summed E-state index contributed by atoms with van der Waals surface area (Å²) in [6.45, 7) is 2.32. The first kappa shape index (κ1) is 16.5. The van der Waals surface area contributed by atoms with Crippen LogP contribution in [0.1, 0.15) is 36.0 Å². The highest BCUT2D eigenvalue weighted by Gasteiger charge is 2.17. The number of thiophene rings is 1. The molecule has 1 fully saturated rings. The molecule has 0 radical (unpaired) electrons. The largest absolute Gasteiger partial charge is 0.356 e. The Morgan fingerprint density at radius 2 is 1.82 bits per heavy atom. The van der Waals surface area contributed by atoms with Crippen LogP contribution in [0, 0.1) is 0 Å². The van der Waals surface area contributed by atoms with E-state index in [2.05, 4.69) is 10.6 Å². The van der Waals surface area contributed by atoms with Crippen LogP contribution in [-0.4, -0.2) is 48.8 Å². The molecule has 2 N–H and O–H groups in total. The van der Waals surface area contributed by atoms with Gasteiger partial charge in [-0.1, -0.05) is 0 Å². The van der Waals surface area contributed by atoms with E-state index < -0.39 is 0 Å². The lowest BCUT2D eigenvalue weighted by molar-refractivity contribution is -0.130. The summed E-state index contributed by atoms with van der Waals surface area (Å²) in [7, 11) is 0. The van der Waals surface area contributed by atoms with Gasteiger partial charge >= 0.3 is 0 Å². The average Bonchev–Trinajstić information content (AvgIpc) is 3.20. The second-order valence-corrected chi connectivity index (χ2v) is 5.99. The normalized spacial score (nSPS) is 13.9. The molecule has 0 saturated carbocycles. The van der Waals surface area contributed by atoms with Gasteiger partial charge < -0.3 is 15.5 Å². The summed E-state index contributed by atoms with van der Waals surface area (Å²) >= 11 is 1.46. The third-order valence-electron chi connectivity index (χ3n) is 3.54. The molecule has 0 spiro atoms. The smallest absolute Gasteiger partial charge is 0.252 e. The summed E-state index contributed by atoms with van der Waals surface area (Å²) in [5, 5.41) is 9.00. The minimum absolute atomic E-state index is 0.101. The fourth-order valence-electron chi connectivity index (χ4n) is 2.31. The van der Waals surface area contributed by atoms with E-state index in [0.29, 0.717) is 25.1 Å². The van der Waals surface area contributed by atoms with Crippen molar-refractivity contribution in [1.29, 1.82) is 0 Å². The minimum atomic E-state index is -0.168. The first-order valence-corrected chi connectivity index (χ1v) is 8.46. The number of nitrogens with zero attached hydrogens (tertiary/aromatic N) is 1. The van der Waals surface area contributed by atoms with Gasteiger partial charge in [0.25, 0.3) is 5.91 Å². The number of amides is 3. The molecule has 6 nitrogen and oxygen atoms in total. The molecule has 1 aliphatic rings. The van der Waals surface area contributed by atoms with Gasteiger partial charge in [0, 0.05) is 50.0 Å². The van der Waals surface area contributed by atoms with Gasteiger partial charge in [0.05, 0.1) is 0 Å². The molecule has 0 atom stereocenters. The van der Waals surface area contributed by atoms with E-state index in [1.165, 1.54) is 11.3 Å². The van der Waals surface area contributed by atoms with Crippen molar-refractivity contribution in [3.63, 3.8) is 0 Å². The second-order valence-electron chi connectivity index (χ2n) is 5.21. The van der Waals surface area contributed by atoms with Gasteiger partial charge in [-0.2, -0.15) is 11.3 Å². The summed E-state index contributed by atoms with van der Waals surface area (Å²) in [6, 6.07) is 1.74. The monoisotopic (exact) mass is 323 g/mol. The van der Waals surface area contributed by atoms with Crippen LogP contribution in [0.4, 0.5) is 0 Å². The SMILES string of the molecule is O=C(CCNC(=O)c1ccsc1)NCCC(=O)N1CCCC1. The number of carbonyl (C=O) groups is 3. The van der Waals surface area contributed by atoms with Gasteiger partial charge in [0.15, 0.2) is 0 Å². The Bertz CT molecular complexity index is 510. The Hall–Kier alpha value is -1.89. The van der Waals surface area contributed by atoms with E-state index in [4.69, 9.17) is 0 Å². The Kier molecular flexibility index (Phi) is 6.39. The van der Waals surface area contributed by atoms with Gasteiger partial charge in [-0.05, 0) is 24.3 Å². The van der Waals surface area contributed by atoms with Crippen molar-refractivity contribution in [3.8, 4) is 0 Å². The van der Waals surface area contributed by atoms with E-state index in [9.17, 15) is 14.4 Å². The Balaban J connectivity index is 1.54.